The zero-order chi connectivity index (χ0) is 13.4. The second kappa shape index (κ2) is 12.3. The van der Waals surface area contributed by atoms with Crippen molar-refractivity contribution >= 4 is 85.6 Å². The van der Waals surface area contributed by atoms with E-state index in [9.17, 15) is 9.36 Å². The fraction of sp³-hybridized carbons (Fsp3) is 0.500. The van der Waals surface area contributed by atoms with Crippen molar-refractivity contribution in [2.45, 2.75) is 0 Å². The van der Waals surface area contributed by atoms with Gasteiger partial charge in [0.2, 0.25) is 0 Å². The number of nitrogens with one attached hydrogen (secondary N) is 1. The molecule has 17 heavy (non-hydrogen) atoms. The predicted octanol–water partition coefficient (Wildman–Crippen LogP) is -1.20. The van der Waals surface area contributed by atoms with E-state index in [0.29, 0.717) is 0 Å². The van der Waals surface area contributed by atoms with Crippen molar-refractivity contribution in [3.8, 4) is 0 Å². The summed E-state index contributed by atoms with van der Waals surface area (Å²) in [5.74, 6) is -1.55. The SMILES string of the molecule is CN(CC(=O)OP(=O)(O)O)C(=N)N.[Cl][Mg][Cl].[NaH]. The molecule has 0 fully saturated rings. The summed E-state index contributed by atoms with van der Waals surface area (Å²) in [5.41, 5.74) is 4.96. The van der Waals surface area contributed by atoms with Gasteiger partial charge >= 0.3 is 61.5 Å². The Hall–Kier alpha value is 1.24. The van der Waals surface area contributed by atoms with E-state index in [2.05, 4.69) is 4.52 Å². The average Bonchev–Trinajstić information content (AvgIpc) is 2.00. The Kier molecular flexibility index (Phi) is 16.9. The van der Waals surface area contributed by atoms with Gasteiger partial charge in [-0.25, -0.2) is 9.36 Å². The molecular formula is C4H11Cl2MgN3NaO5P. The van der Waals surface area contributed by atoms with Crippen LogP contribution in [-0.4, -0.2) is 87.9 Å². The Morgan fingerprint density at radius 3 is 2.18 bits per heavy atom. The first kappa shape index (κ1) is 23.3. The number of guanidine groups is 1. The molecule has 0 amide bonds. The Morgan fingerprint density at radius 2 is 1.94 bits per heavy atom. The molecule has 0 rings (SSSR count). The van der Waals surface area contributed by atoms with Crippen molar-refractivity contribution in [3.05, 3.63) is 0 Å². The summed E-state index contributed by atoms with van der Waals surface area (Å²) in [5, 5.41) is 6.83. The van der Waals surface area contributed by atoms with Crippen molar-refractivity contribution in [2.75, 3.05) is 13.6 Å². The Balaban J connectivity index is -0.000000440. The third kappa shape index (κ3) is 19.7. The van der Waals surface area contributed by atoms with Gasteiger partial charge in [0.1, 0.15) is 6.54 Å². The van der Waals surface area contributed by atoms with Crippen LogP contribution in [0.25, 0.3) is 0 Å². The number of phosphoric acid groups is 1. The standard InChI is InChI=1S/C4H10N3O5P.2ClH.Mg.Na.H/c1-7(4(5)6)2-3(8)12-13(9,10)11;;;;;/h2H2,1H3,(H3,5,6)(H2,9,10,11);2*1H;;;/q;;;+2;;/p-2. The predicted molar refractivity (Wildman–Crippen MR) is 67.3 cm³/mol. The van der Waals surface area contributed by atoms with Crippen LogP contribution < -0.4 is 5.73 Å². The quantitative estimate of drug-likeness (QED) is 0.221. The van der Waals surface area contributed by atoms with Crippen molar-refractivity contribution in [1.82, 2.24) is 4.90 Å². The summed E-state index contributed by atoms with van der Waals surface area (Å²) in [6.07, 6.45) is 0. The number of nitrogens with two attached hydrogens (primary N) is 1. The van der Waals surface area contributed by atoms with Crippen molar-refractivity contribution in [1.29, 1.82) is 5.41 Å². The zero-order valence-electron chi connectivity index (χ0n) is 8.26. The van der Waals surface area contributed by atoms with Crippen LogP contribution in [0.5, 0.6) is 0 Å². The summed E-state index contributed by atoms with van der Waals surface area (Å²) in [6, 6.07) is 0. The number of nitrogens with zero attached hydrogens (tertiary/aromatic N) is 1. The van der Waals surface area contributed by atoms with Crippen molar-refractivity contribution in [2.24, 2.45) is 5.73 Å². The second-order valence-electron chi connectivity index (χ2n) is 2.30. The molecule has 5 N–H and O–H groups in total. The molecule has 0 radical (unpaired) electrons. The third-order valence-electron chi connectivity index (χ3n) is 0.998. The molecule has 0 unspecified atom stereocenters. The first-order valence-electron chi connectivity index (χ1n) is 3.59. The Bertz CT molecular complexity index is 292. The van der Waals surface area contributed by atoms with Crippen LogP contribution in [0.15, 0.2) is 0 Å². The molecule has 0 aliphatic heterocycles. The number of likely N-dealkylation sites (N-methyl/N-ethyl adjacent to an activating group) is 1. The number of rotatable bonds is 3. The van der Waals surface area contributed by atoms with Crippen LogP contribution in [0.1, 0.15) is 0 Å². The number of phosphoric ester groups is 1. The summed E-state index contributed by atoms with van der Waals surface area (Å²) < 4.78 is 13.8. The average molecular weight is 330 g/mol. The van der Waals surface area contributed by atoms with Crippen LogP contribution in [0.2, 0.25) is 0 Å². The van der Waals surface area contributed by atoms with Crippen LogP contribution in [-0.2, 0) is 13.9 Å². The van der Waals surface area contributed by atoms with E-state index in [4.69, 9.17) is 39.1 Å². The number of carbonyl (C=O) groups is 1. The van der Waals surface area contributed by atoms with E-state index >= 15 is 0 Å². The fourth-order valence-corrected chi connectivity index (χ4v) is 0.763. The van der Waals surface area contributed by atoms with Gasteiger partial charge in [-0.3, -0.25) is 15.2 Å². The molecule has 0 aromatic rings. The molecule has 0 aliphatic rings. The minimum atomic E-state index is -4.80. The summed E-state index contributed by atoms with van der Waals surface area (Å²) >= 11 is -0.639. The summed E-state index contributed by atoms with van der Waals surface area (Å²) in [6.45, 7) is -0.486. The van der Waals surface area contributed by atoms with E-state index in [1.54, 1.807) is 0 Å². The number of halogens is 2. The zero-order valence-corrected chi connectivity index (χ0v) is 12.1. The van der Waals surface area contributed by atoms with Gasteiger partial charge in [0.25, 0.3) is 0 Å². The molecule has 0 aromatic carbocycles. The topological polar surface area (TPSA) is 137 Å². The van der Waals surface area contributed by atoms with E-state index in [1.165, 1.54) is 7.05 Å². The number of hydrogen-bond acceptors (Lipinski definition) is 4. The Labute approximate surface area is 137 Å². The molecular weight excluding hydrogens is 319 g/mol. The van der Waals surface area contributed by atoms with Crippen LogP contribution in [0, 0.1) is 5.41 Å². The monoisotopic (exact) mass is 329 g/mol. The summed E-state index contributed by atoms with van der Waals surface area (Å²) in [4.78, 5) is 28.0. The van der Waals surface area contributed by atoms with Gasteiger partial charge < -0.3 is 33.3 Å². The normalized spacial score (nSPS) is 8.76. The first-order chi connectivity index (χ1) is 7.14. The minimum absolute atomic E-state index is 0. The molecule has 13 heteroatoms. The molecule has 8 nitrogen and oxygen atoms in total. The third-order valence-corrected chi connectivity index (χ3v) is 1.44. The molecule has 0 aliphatic carbocycles. The maximum atomic E-state index is 10.7. The van der Waals surface area contributed by atoms with Crippen LogP contribution >= 0.6 is 26.0 Å². The van der Waals surface area contributed by atoms with Gasteiger partial charge in [-0.05, 0) is 0 Å². The molecule has 0 heterocycles. The first-order valence-corrected chi connectivity index (χ1v) is 9.39. The molecule has 0 saturated carbocycles. The Morgan fingerprint density at radius 1 is 1.59 bits per heavy atom. The van der Waals surface area contributed by atoms with E-state index < -0.39 is 44.5 Å². The van der Waals surface area contributed by atoms with E-state index in [1.807, 2.05) is 0 Å². The van der Waals surface area contributed by atoms with Gasteiger partial charge in [0.15, 0.2) is 5.96 Å². The van der Waals surface area contributed by atoms with Crippen molar-refractivity contribution in [3.63, 3.8) is 0 Å². The van der Waals surface area contributed by atoms with Gasteiger partial charge in [0.05, 0.1) is 0 Å². The molecule has 0 spiro atoms. The molecule has 0 atom stereocenters. The molecule has 0 saturated heterocycles. The second-order valence-corrected chi connectivity index (χ2v) is 6.09. The van der Waals surface area contributed by atoms with E-state index in [-0.39, 0.29) is 29.6 Å². The van der Waals surface area contributed by atoms with Crippen molar-refractivity contribution < 1.29 is 23.7 Å². The molecule has 94 valence electrons. The van der Waals surface area contributed by atoms with Gasteiger partial charge in [0, 0.05) is 7.05 Å². The van der Waals surface area contributed by atoms with E-state index in [0.717, 1.165) is 4.90 Å². The fourth-order valence-electron chi connectivity index (χ4n) is 0.440. The summed E-state index contributed by atoms with van der Waals surface area (Å²) in [7, 11) is 6.32. The molecule has 0 aromatic heterocycles. The molecule has 0 bridgehead atoms. The van der Waals surface area contributed by atoms with Crippen LogP contribution in [0.4, 0.5) is 0 Å². The number of hydrogen-bond donors (Lipinski definition) is 4. The van der Waals surface area contributed by atoms with Gasteiger partial charge in [-0.15, -0.1) is 0 Å². The maximum absolute atomic E-state index is 10.7. The van der Waals surface area contributed by atoms with Gasteiger partial charge in [-0.2, -0.15) is 0 Å². The van der Waals surface area contributed by atoms with Gasteiger partial charge in [-0.1, -0.05) is 0 Å². The van der Waals surface area contributed by atoms with Crippen LogP contribution in [0.3, 0.4) is 0 Å². The number of carbonyl (C=O) groups excluding carboxylic acids is 1.